The Morgan fingerprint density at radius 1 is 1.33 bits per heavy atom. The summed E-state index contributed by atoms with van der Waals surface area (Å²) >= 11 is 3.38. The molecule has 8 heteroatoms. The van der Waals surface area contributed by atoms with Crippen molar-refractivity contribution < 1.29 is 14.6 Å². The molecular weight excluding hydrogens is 412 g/mol. The Labute approximate surface area is 167 Å². The molecule has 2 aromatic rings. The van der Waals surface area contributed by atoms with Gasteiger partial charge in [0.2, 0.25) is 0 Å². The summed E-state index contributed by atoms with van der Waals surface area (Å²) in [5.74, 6) is 1.11. The Hall–Kier alpha value is -2.35. The first-order chi connectivity index (χ1) is 12.7. The molecule has 0 aliphatic heterocycles. The largest absolute Gasteiger partial charge is 0.507 e. The minimum Gasteiger partial charge on any atom is -0.507 e. The van der Waals surface area contributed by atoms with Crippen LogP contribution in [0.1, 0.15) is 34.1 Å². The van der Waals surface area contributed by atoms with E-state index in [4.69, 9.17) is 4.74 Å². The van der Waals surface area contributed by atoms with Crippen LogP contribution in [0.2, 0.25) is 0 Å². The number of nitrogens with zero attached hydrogens (tertiary/aromatic N) is 2. The molecule has 2 rings (SSSR count). The lowest BCUT2D eigenvalue weighted by atomic mass is 10.2. The summed E-state index contributed by atoms with van der Waals surface area (Å²) in [6.45, 7) is 7.94. The van der Waals surface area contributed by atoms with Gasteiger partial charge < -0.3 is 20.5 Å². The van der Waals surface area contributed by atoms with Gasteiger partial charge in [0.25, 0.3) is 0 Å². The molecule has 1 aromatic carbocycles. The number of ether oxygens (including phenoxy) is 1. The fraction of sp³-hybridized carbons (Fsp3) is 0.421. The van der Waals surface area contributed by atoms with Crippen molar-refractivity contribution in [1.29, 1.82) is 0 Å². The zero-order valence-corrected chi connectivity index (χ0v) is 17.5. The average Bonchev–Trinajstić information content (AvgIpc) is 2.59. The average molecular weight is 437 g/mol. The SMILES string of the molecule is CC[C@H](CNc1ccnc(-c2cc(Br)ccc2O)n1)NC(=O)OC(C)(C)C. The van der Waals surface area contributed by atoms with E-state index >= 15 is 0 Å². The molecule has 0 spiro atoms. The summed E-state index contributed by atoms with van der Waals surface area (Å²) in [6.07, 6.45) is 1.91. The molecule has 7 nitrogen and oxygen atoms in total. The molecule has 0 bridgehead atoms. The lowest BCUT2D eigenvalue weighted by Crippen LogP contribution is -2.42. The highest BCUT2D eigenvalue weighted by atomic mass is 79.9. The number of aromatic nitrogens is 2. The lowest BCUT2D eigenvalue weighted by molar-refractivity contribution is 0.0506. The molecule has 0 aliphatic carbocycles. The third kappa shape index (κ3) is 6.71. The Balaban J connectivity index is 2.03. The first-order valence-corrected chi connectivity index (χ1v) is 9.52. The number of halogens is 1. The van der Waals surface area contributed by atoms with Crippen LogP contribution in [0.5, 0.6) is 5.75 Å². The van der Waals surface area contributed by atoms with Crippen molar-refractivity contribution in [3.63, 3.8) is 0 Å². The van der Waals surface area contributed by atoms with E-state index in [0.29, 0.717) is 23.8 Å². The zero-order valence-electron chi connectivity index (χ0n) is 15.9. The van der Waals surface area contributed by atoms with Crippen molar-refractivity contribution in [2.45, 2.75) is 45.8 Å². The molecule has 3 N–H and O–H groups in total. The van der Waals surface area contributed by atoms with E-state index in [2.05, 4.69) is 36.5 Å². The van der Waals surface area contributed by atoms with Crippen molar-refractivity contribution in [2.24, 2.45) is 0 Å². The van der Waals surface area contributed by atoms with Crippen LogP contribution in [-0.2, 0) is 4.74 Å². The number of carbonyl (C=O) groups is 1. The van der Waals surface area contributed by atoms with Crippen LogP contribution in [0, 0.1) is 0 Å². The van der Waals surface area contributed by atoms with E-state index in [1.54, 1.807) is 30.5 Å². The van der Waals surface area contributed by atoms with Gasteiger partial charge in [0, 0.05) is 23.3 Å². The number of aromatic hydroxyl groups is 1. The van der Waals surface area contributed by atoms with Gasteiger partial charge in [0.05, 0.1) is 5.56 Å². The smallest absolute Gasteiger partial charge is 0.407 e. The van der Waals surface area contributed by atoms with E-state index in [0.717, 1.165) is 10.9 Å². The topological polar surface area (TPSA) is 96.4 Å². The van der Waals surface area contributed by atoms with Crippen molar-refractivity contribution in [1.82, 2.24) is 15.3 Å². The standard InChI is InChI=1S/C19H25BrN4O3/c1-5-13(23-18(26)27-19(2,3)4)11-22-16-8-9-21-17(24-16)14-10-12(20)6-7-15(14)25/h6-10,13,25H,5,11H2,1-4H3,(H,23,26)(H,21,22,24)/t13-/m1/s1. The van der Waals surface area contributed by atoms with Gasteiger partial charge in [-0.05, 0) is 51.5 Å². The number of rotatable bonds is 6. The number of anilines is 1. The number of amides is 1. The number of hydrogen-bond acceptors (Lipinski definition) is 6. The van der Waals surface area contributed by atoms with E-state index in [1.165, 1.54) is 0 Å². The van der Waals surface area contributed by atoms with Gasteiger partial charge in [-0.25, -0.2) is 14.8 Å². The maximum Gasteiger partial charge on any atom is 0.407 e. The van der Waals surface area contributed by atoms with Gasteiger partial charge in [-0.3, -0.25) is 0 Å². The number of phenols is 1. The van der Waals surface area contributed by atoms with Crippen LogP contribution < -0.4 is 10.6 Å². The molecule has 146 valence electrons. The van der Waals surface area contributed by atoms with Gasteiger partial charge >= 0.3 is 6.09 Å². The zero-order chi connectivity index (χ0) is 20.0. The van der Waals surface area contributed by atoms with E-state index in [1.807, 2.05) is 27.7 Å². The summed E-state index contributed by atoms with van der Waals surface area (Å²) in [5.41, 5.74) is -0.00416. The highest BCUT2D eigenvalue weighted by Gasteiger charge is 2.19. The number of benzene rings is 1. The summed E-state index contributed by atoms with van der Waals surface area (Å²) in [6, 6.07) is 6.71. The van der Waals surface area contributed by atoms with Crippen molar-refractivity contribution in [2.75, 3.05) is 11.9 Å². The van der Waals surface area contributed by atoms with E-state index in [-0.39, 0.29) is 11.8 Å². The molecule has 0 aliphatic rings. The highest BCUT2D eigenvalue weighted by molar-refractivity contribution is 9.10. The number of nitrogens with one attached hydrogen (secondary N) is 2. The Morgan fingerprint density at radius 3 is 2.74 bits per heavy atom. The molecule has 1 heterocycles. The third-order valence-corrected chi connectivity index (χ3v) is 4.09. The monoisotopic (exact) mass is 436 g/mol. The molecule has 0 fully saturated rings. The second-order valence-corrected chi connectivity index (χ2v) is 7.97. The van der Waals surface area contributed by atoms with Crippen LogP contribution in [0.3, 0.4) is 0 Å². The Morgan fingerprint density at radius 2 is 2.07 bits per heavy atom. The molecular formula is C19H25BrN4O3. The second kappa shape index (κ2) is 9.03. The summed E-state index contributed by atoms with van der Waals surface area (Å²) in [4.78, 5) is 20.6. The summed E-state index contributed by atoms with van der Waals surface area (Å²) in [7, 11) is 0. The molecule has 0 unspecified atom stereocenters. The van der Waals surface area contributed by atoms with Crippen molar-refractivity contribution in [3.8, 4) is 17.1 Å². The summed E-state index contributed by atoms with van der Waals surface area (Å²) < 4.78 is 6.11. The maximum absolute atomic E-state index is 11.9. The second-order valence-electron chi connectivity index (χ2n) is 7.06. The minimum atomic E-state index is -0.538. The quantitative estimate of drug-likeness (QED) is 0.623. The Kier molecular flexibility index (Phi) is 7.01. The summed E-state index contributed by atoms with van der Waals surface area (Å²) in [5, 5.41) is 16.1. The van der Waals surface area contributed by atoms with Crippen molar-refractivity contribution >= 4 is 27.8 Å². The fourth-order valence-corrected chi connectivity index (χ4v) is 2.63. The first kappa shape index (κ1) is 21.0. The fourth-order valence-electron chi connectivity index (χ4n) is 2.27. The molecule has 1 amide bonds. The van der Waals surface area contributed by atoms with E-state index < -0.39 is 11.7 Å². The Bertz CT molecular complexity index is 793. The van der Waals surface area contributed by atoms with Crippen LogP contribution in [-0.4, -0.2) is 39.4 Å². The minimum absolute atomic E-state index is 0.105. The molecule has 1 atom stereocenters. The van der Waals surface area contributed by atoms with Crippen LogP contribution in [0.25, 0.3) is 11.4 Å². The van der Waals surface area contributed by atoms with Gasteiger partial charge in [-0.2, -0.15) is 0 Å². The van der Waals surface area contributed by atoms with Gasteiger partial charge in [-0.15, -0.1) is 0 Å². The molecule has 0 radical (unpaired) electrons. The molecule has 0 saturated carbocycles. The highest BCUT2D eigenvalue weighted by Crippen LogP contribution is 2.29. The molecule has 27 heavy (non-hydrogen) atoms. The van der Waals surface area contributed by atoms with Gasteiger partial charge in [0.15, 0.2) is 5.82 Å². The molecule has 1 aromatic heterocycles. The number of hydrogen-bond donors (Lipinski definition) is 3. The van der Waals surface area contributed by atoms with E-state index in [9.17, 15) is 9.90 Å². The first-order valence-electron chi connectivity index (χ1n) is 8.73. The predicted octanol–water partition coefficient (Wildman–Crippen LogP) is 4.33. The van der Waals surface area contributed by atoms with Crippen molar-refractivity contribution in [3.05, 3.63) is 34.9 Å². The lowest BCUT2D eigenvalue weighted by Gasteiger charge is -2.23. The van der Waals surface area contributed by atoms with Gasteiger partial charge in [0.1, 0.15) is 17.2 Å². The van der Waals surface area contributed by atoms with Crippen LogP contribution in [0.4, 0.5) is 10.6 Å². The van der Waals surface area contributed by atoms with Crippen LogP contribution in [0.15, 0.2) is 34.9 Å². The third-order valence-electron chi connectivity index (χ3n) is 3.60. The number of alkyl carbamates (subject to hydrolysis) is 1. The number of carbonyl (C=O) groups excluding carboxylic acids is 1. The van der Waals surface area contributed by atoms with Crippen LogP contribution >= 0.6 is 15.9 Å². The predicted molar refractivity (Wildman–Crippen MR) is 109 cm³/mol. The normalized spacial score (nSPS) is 12.3. The van der Waals surface area contributed by atoms with Gasteiger partial charge in [-0.1, -0.05) is 22.9 Å². The maximum atomic E-state index is 11.9. The molecule has 0 saturated heterocycles. The number of phenolic OH excluding ortho intramolecular Hbond substituents is 1.